The Morgan fingerprint density at radius 3 is 1.31 bits per heavy atom. The number of nitrogens with one attached hydrogen (secondary N) is 1. The predicted octanol–water partition coefficient (Wildman–Crippen LogP) is 16.3. The highest BCUT2D eigenvalue weighted by Crippen LogP contribution is 2.38. The molecule has 8 nitrogen and oxygen atoms in total. The second-order valence-corrected chi connectivity index (χ2v) is 21.7. The summed E-state index contributed by atoms with van der Waals surface area (Å²) < 4.78 is 23.3. The van der Waals surface area contributed by atoms with Crippen LogP contribution >= 0.6 is 7.82 Å². The van der Waals surface area contributed by atoms with Gasteiger partial charge in [-0.1, -0.05) is 229 Å². The molecule has 3 unspecified atom stereocenters. The highest BCUT2D eigenvalue weighted by molar-refractivity contribution is 7.45. The molecular weight excluding hydrogens is 852 g/mol. The van der Waals surface area contributed by atoms with Crippen molar-refractivity contribution in [3.05, 3.63) is 60.8 Å². The number of phosphoric acid groups is 1. The largest absolute Gasteiger partial charge is 0.756 e. The average molecular weight is 961 g/mol. The number of nitrogens with zero attached hydrogens (tertiary/aromatic N) is 1. The molecule has 67 heavy (non-hydrogen) atoms. The maximum atomic E-state index is 12.9. The quantitative estimate of drug-likeness (QED) is 0.0272. The molecular formula is C58H109N2O6P. The molecule has 0 aromatic carbocycles. The van der Waals surface area contributed by atoms with E-state index in [0.29, 0.717) is 17.4 Å². The minimum absolute atomic E-state index is 0.00959. The summed E-state index contributed by atoms with van der Waals surface area (Å²) in [6, 6.07) is -0.909. The van der Waals surface area contributed by atoms with E-state index in [4.69, 9.17) is 9.05 Å². The zero-order valence-electron chi connectivity index (χ0n) is 44.6. The summed E-state index contributed by atoms with van der Waals surface area (Å²) in [6.07, 6.45) is 65.9. The number of carbonyl (C=O) groups excluding carboxylic acids is 1. The number of amides is 1. The third-order valence-electron chi connectivity index (χ3n) is 12.4. The Balaban J connectivity index is 4.10. The molecule has 0 aliphatic carbocycles. The summed E-state index contributed by atoms with van der Waals surface area (Å²) in [5.74, 6) is -0.211. The van der Waals surface area contributed by atoms with Crippen molar-refractivity contribution in [3.63, 3.8) is 0 Å². The van der Waals surface area contributed by atoms with Gasteiger partial charge in [0.2, 0.25) is 5.91 Å². The van der Waals surface area contributed by atoms with Crippen molar-refractivity contribution < 1.29 is 32.9 Å². The maximum Gasteiger partial charge on any atom is 0.268 e. The van der Waals surface area contributed by atoms with Gasteiger partial charge in [-0.05, 0) is 77.0 Å². The van der Waals surface area contributed by atoms with E-state index in [1.165, 1.54) is 173 Å². The van der Waals surface area contributed by atoms with Crippen LogP contribution in [-0.2, 0) is 18.4 Å². The van der Waals surface area contributed by atoms with Crippen LogP contribution in [0.3, 0.4) is 0 Å². The maximum absolute atomic E-state index is 12.9. The number of hydrogen-bond donors (Lipinski definition) is 2. The SMILES string of the molecule is CCCCCC/C=C/CC/C=C/CC/C=C/C(O)C(COP(=O)([O-])OCC[N+](C)(C)C)NC(=O)CCCCCCCCCCCCCCCCCCCCC/C=C\C/C=C\CCCCCCC. The van der Waals surface area contributed by atoms with E-state index in [9.17, 15) is 19.4 Å². The molecule has 0 radical (unpaired) electrons. The van der Waals surface area contributed by atoms with Crippen molar-refractivity contribution in [3.8, 4) is 0 Å². The lowest BCUT2D eigenvalue weighted by Crippen LogP contribution is -2.45. The molecule has 0 aromatic rings. The minimum atomic E-state index is -4.60. The number of phosphoric ester groups is 1. The summed E-state index contributed by atoms with van der Waals surface area (Å²) in [4.78, 5) is 25.4. The first kappa shape index (κ1) is 65.2. The lowest BCUT2D eigenvalue weighted by molar-refractivity contribution is -0.870. The minimum Gasteiger partial charge on any atom is -0.756 e. The number of likely N-dealkylation sites (N-methyl/N-ethyl adjacent to an activating group) is 1. The van der Waals surface area contributed by atoms with E-state index < -0.39 is 26.6 Å². The van der Waals surface area contributed by atoms with Gasteiger partial charge in [0, 0.05) is 6.42 Å². The molecule has 0 aliphatic heterocycles. The van der Waals surface area contributed by atoms with Crippen molar-refractivity contribution in [2.45, 2.75) is 264 Å². The van der Waals surface area contributed by atoms with E-state index in [2.05, 4.69) is 67.8 Å². The number of aliphatic hydroxyl groups excluding tert-OH is 1. The van der Waals surface area contributed by atoms with Crippen LogP contribution in [0.25, 0.3) is 0 Å². The Morgan fingerprint density at radius 2 is 0.881 bits per heavy atom. The van der Waals surface area contributed by atoms with Gasteiger partial charge in [-0.25, -0.2) is 0 Å². The molecule has 9 heteroatoms. The van der Waals surface area contributed by atoms with Gasteiger partial charge in [0.15, 0.2) is 0 Å². The Bertz CT molecular complexity index is 1270. The third kappa shape index (κ3) is 51.9. The molecule has 0 heterocycles. The number of allylic oxidation sites excluding steroid dienone is 9. The van der Waals surface area contributed by atoms with Crippen LogP contribution in [0.4, 0.5) is 0 Å². The molecule has 0 rings (SSSR count). The number of unbranched alkanes of at least 4 members (excludes halogenated alkanes) is 30. The number of quaternary nitrogens is 1. The summed E-state index contributed by atoms with van der Waals surface area (Å²) in [5.41, 5.74) is 0. The highest BCUT2D eigenvalue weighted by Gasteiger charge is 2.23. The number of rotatable bonds is 51. The van der Waals surface area contributed by atoms with Crippen LogP contribution in [0.5, 0.6) is 0 Å². The summed E-state index contributed by atoms with van der Waals surface area (Å²) in [7, 11) is 1.24. The second-order valence-electron chi connectivity index (χ2n) is 20.3. The molecule has 2 N–H and O–H groups in total. The van der Waals surface area contributed by atoms with Crippen molar-refractivity contribution in [2.75, 3.05) is 40.9 Å². The molecule has 0 bridgehead atoms. The van der Waals surface area contributed by atoms with Gasteiger partial charge in [0.25, 0.3) is 7.82 Å². The van der Waals surface area contributed by atoms with Gasteiger partial charge in [-0.3, -0.25) is 9.36 Å². The van der Waals surface area contributed by atoms with Crippen LogP contribution in [0.2, 0.25) is 0 Å². The molecule has 0 aliphatic rings. The smallest absolute Gasteiger partial charge is 0.268 e. The van der Waals surface area contributed by atoms with Gasteiger partial charge in [-0.2, -0.15) is 0 Å². The van der Waals surface area contributed by atoms with E-state index >= 15 is 0 Å². The molecule has 0 aromatic heterocycles. The topological polar surface area (TPSA) is 108 Å². The van der Waals surface area contributed by atoms with E-state index in [0.717, 1.165) is 57.8 Å². The monoisotopic (exact) mass is 961 g/mol. The fourth-order valence-electron chi connectivity index (χ4n) is 7.98. The average Bonchev–Trinajstić information content (AvgIpc) is 3.29. The van der Waals surface area contributed by atoms with Crippen molar-refractivity contribution in [1.29, 1.82) is 0 Å². The Morgan fingerprint density at radius 1 is 0.522 bits per heavy atom. The number of carbonyl (C=O) groups is 1. The third-order valence-corrected chi connectivity index (χ3v) is 13.4. The molecule has 3 atom stereocenters. The lowest BCUT2D eigenvalue weighted by Gasteiger charge is -2.29. The van der Waals surface area contributed by atoms with E-state index in [1.54, 1.807) is 6.08 Å². The number of hydrogen-bond acceptors (Lipinski definition) is 6. The van der Waals surface area contributed by atoms with Crippen LogP contribution in [0.15, 0.2) is 60.8 Å². The van der Waals surface area contributed by atoms with Crippen LogP contribution < -0.4 is 10.2 Å². The van der Waals surface area contributed by atoms with E-state index in [-0.39, 0.29) is 12.5 Å². The Hall–Kier alpha value is -1.80. The van der Waals surface area contributed by atoms with E-state index in [1.807, 2.05) is 27.2 Å². The standard InChI is InChI=1S/C58H109N2O6P/c1-6-8-10-12-14-16-18-20-22-23-24-25-26-27-28-29-30-31-32-33-34-35-36-37-38-40-42-44-46-48-50-52-58(62)59-56(55-66-67(63,64)65-54-53-60(3,4)5)57(61)51-49-47-45-43-41-39-21-19-17-15-13-11-9-7-2/h17-20,23-24,41,43,49,51,56-57,61H,6-16,21-22,25-40,42,44-48,50,52-55H2,1-5H3,(H-,59,62,63,64)/b19-17+,20-18-,24-23-,43-41+,51-49+. The molecule has 0 spiro atoms. The molecule has 0 fully saturated rings. The first-order valence-corrected chi connectivity index (χ1v) is 29.6. The fraction of sp³-hybridized carbons (Fsp3) is 0.810. The molecule has 1 amide bonds. The highest BCUT2D eigenvalue weighted by atomic mass is 31.2. The fourth-order valence-corrected chi connectivity index (χ4v) is 8.70. The van der Waals surface area contributed by atoms with Gasteiger partial charge < -0.3 is 28.8 Å². The Labute approximate surface area is 415 Å². The van der Waals surface area contributed by atoms with Crippen molar-refractivity contribution in [1.82, 2.24) is 5.32 Å². The zero-order chi connectivity index (χ0) is 49.2. The van der Waals surface area contributed by atoms with Crippen molar-refractivity contribution in [2.24, 2.45) is 0 Å². The summed E-state index contributed by atoms with van der Waals surface area (Å²) >= 11 is 0. The molecule has 392 valence electrons. The van der Waals surface area contributed by atoms with Crippen LogP contribution in [0, 0.1) is 0 Å². The summed E-state index contributed by atoms with van der Waals surface area (Å²) in [5, 5.41) is 13.8. The van der Waals surface area contributed by atoms with Crippen LogP contribution in [-0.4, -0.2) is 68.5 Å². The van der Waals surface area contributed by atoms with Crippen molar-refractivity contribution >= 4 is 13.7 Å². The molecule has 0 saturated heterocycles. The van der Waals surface area contributed by atoms with Gasteiger partial charge in [0.05, 0.1) is 39.9 Å². The number of aliphatic hydroxyl groups is 1. The first-order valence-electron chi connectivity index (χ1n) is 28.2. The normalized spacial score (nSPS) is 14.4. The second kappa shape index (κ2) is 49.2. The van der Waals surface area contributed by atoms with Gasteiger partial charge in [0.1, 0.15) is 13.2 Å². The molecule has 0 saturated carbocycles. The lowest BCUT2D eigenvalue weighted by atomic mass is 10.0. The van der Waals surface area contributed by atoms with Gasteiger partial charge in [-0.15, -0.1) is 0 Å². The zero-order valence-corrected chi connectivity index (χ0v) is 45.5. The first-order chi connectivity index (χ1) is 32.5. The summed E-state index contributed by atoms with van der Waals surface area (Å²) in [6.45, 7) is 4.59. The van der Waals surface area contributed by atoms with Crippen LogP contribution in [0.1, 0.15) is 251 Å². The van der Waals surface area contributed by atoms with Gasteiger partial charge >= 0.3 is 0 Å². The predicted molar refractivity (Wildman–Crippen MR) is 288 cm³/mol. The Kier molecular flexibility index (Phi) is 47.9.